The molecule has 7 nitrogen and oxygen atoms in total. The lowest BCUT2D eigenvalue weighted by Gasteiger charge is -2.20. The summed E-state index contributed by atoms with van der Waals surface area (Å²) in [7, 11) is -2.14. The van der Waals surface area contributed by atoms with Crippen molar-refractivity contribution in [3.63, 3.8) is 0 Å². The number of thiophene rings is 1. The number of sulfonamides is 1. The van der Waals surface area contributed by atoms with Gasteiger partial charge in [0.15, 0.2) is 0 Å². The molecule has 0 radical (unpaired) electrons. The number of amides is 1. The van der Waals surface area contributed by atoms with Crippen LogP contribution in [0.4, 0.5) is 10.7 Å². The van der Waals surface area contributed by atoms with E-state index in [9.17, 15) is 18.0 Å². The van der Waals surface area contributed by atoms with E-state index in [-0.39, 0.29) is 12.5 Å². The Kier molecular flexibility index (Phi) is 6.09. The highest BCUT2D eigenvalue weighted by Gasteiger charge is 2.28. The standard InChI is InChI=1S/C20H22N2O5S2/c1-4-12-22(29(3,25)26)14-10-8-13(9-11-14)18(23)21-19-17(20(24)27-2)15-6-5-7-16(15)28-19/h4,8-11H,1,5-7,12H2,2-3H3,(H,21,23). The fourth-order valence-corrected chi connectivity index (χ4v) is 5.47. The minimum absolute atomic E-state index is 0.133. The van der Waals surface area contributed by atoms with Crippen LogP contribution in [0.1, 0.15) is 37.6 Å². The molecule has 154 valence electrons. The Morgan fingerprint density at radius 3 is 2.55 bits per heavy atom. The molecule has 0 spiro atoms. The van der Waals surface area contributed by atoms with Gasteiger partial charge in [-0.1, -0.05) is 6.08 Å². The molecule has 0 saturated heterocycles. The second kappa shape index (κ2) is 8.38. The number of carbonyl (C=O) groups is 2. The van der Waals surface area contributed by atoms with Crippen LogP contribution in [0.5, 0.6) is 0 Å². The summed E-state index contributed by atoms with van der Waals surface area (Å²) >= 11 is 1.40. The van der Waals surface area contributed by atoms with Crippen LogP contribution < -0.4 is 9.62 Å². The summed E-state index contributed by atoms with van der Waals surface area (Å²) in [4.78, 5) is 26.0. The molecule has 0 aliphatic heterocycles. The van der Waals surface area contributed by atoms with Gasteiger partial charge in [-0.05, 0) is 49.1 Å². The Balaban J connectivity index is 1.84. The van der Waals surface area contributed by atoms with E-state index >= 15 is 0 Å². The predicted octanol–water partition coefficient (Wildman–Crippen LogP) is 3.23. The Hall–Kier alpha value is -2.65. The first-order chi connectivity index (χ1) is 13.8. The van der Waals surface area contributed by atoms with Gasteiger partial charge in [-0.25, -0.2) is 13.2 Å². The van der Waals surface area contributed by atoms with Crippen molar-refractivity contribution < 1.29 is 22.7 Å². The van der Waals surface area contributed by atoms with Crippen molar-refractivity contribution in [1.29, 1.82) is 0 Å². The quantitative estimate of drug-likeness (QED) is 0.534. The number of carbonyl (C=O) groups excluding carboxylic acids is 2. The van der Waals surface area contributed by atoms with Gasteiger partial charge >= 0.3 is 5.97 Å². The lowest BCUT2D eigenvalue weighted by molar-refractivity contribution is 0.0601. The first-order valence-electron chi connectivity index (χ1n) is 8.99. The summed E-state index contributed by atoms with van der Waals surface area (Å²) in [5.41, 5.74) is 2.18. The number of anilines is 2. The van der Waals surface area contributed by atoms with Crippen molar-refractivity contribution >= 4 is 43.9 Å². The lowest BCUT2D eigenvalue weighted by Crippen LogP contribution is -2.29. The summed E-state index contributed by atoms with van der Waals surface area (Å²) in [6.45, 7) is 3.71. The van der Waals surface area contributed by atoms with E-state index in [1.807, 2.05) is 0 Å². The summed E-state index contributed by atoms with van der Waals surface area (Å²) in [5, 5.41) is 3.29. The minimum Gasteiger partial charge on any atom is -0.465 e. The van der Waals surface area contributed by atoms with E-state index < -0.39 is 16.0 Å². The number of hydrogen-bond acceptors (Lipinski definition) is 6. The number of aryl methyl sites for hydroxylation is 1. The van der Waals surface area contributed by atoms with Crippen LogP contribution in [0.3, 0.4) is 0 Å². The first kappa shape index (κ1) is 21.1. The largest absolute Gasteiger partial charge is 0.465 e. The molecule has 1 heterocycles. The van der Waals surface area contributed by atoms with Gasteiger partial charge in [0.1, 0.15) is 5.00 Å². The molecule has 0 saturated carbocycles. The fourth-order valence-electron chi connectivity index (χ4n) is 3.31. The molecule has 0 atom stereocenters. The average molecular weight is 435 g/mol. The van der Waals surface area contributed by atoms with Crippen molar-refractivity contribution in [3.05, 3.63) is 58.5 Å². The van der Waals surface area contributed by atoms with E-state index in [2.05, 4.69) is 11.9 Å². The van der Waals surface area contributed by atoms with Gasteiger partial charge in [-0.3, -0.25) is 9.10 Å². The molecular formula is C20H22N2O5S2. The number of benzene rings is 1. The third-order valence-corrected chi connectivity index (χ3v) is 7.02. The maximum atomic E-state index is 12.7. The van der Waals surface area contributed by atoms with Gasteiger partial charge in [0.25, 0.3) is 5.91 Å². The highest BCUT2D eigenvalue weighted by molar-refractivity contribution is 7.92. The van der Waals surface area contributed by atoms with Gasteiger partial charge in [0.2, 0.25) is 10.0 Å². The van der Waals surface area contributed by atoms with Crippen LogP contribution in [-0.2, 0) is 27.6 Å². The minimum atomic E-state index is -3.47. The highest BCUT2D eigenvalue weighted by atomic mass is 32.2. The van der Waals surface area contributed by atoms with E-state index in [0.29, 0.717) is 21.8 Å². The van der Waals surface area contributed by atoms with E-state index in [1.165, 1.54) is 28.8 Å². The lowest BCUT2D eigenvalue weighted by atomic mass is 10.1. The highest BCUT2D eigenvalue weighted by Crippen LogP contribution is 2.39. The number of hydrogen-bond donors (Lipinski definition) is 1. The second-order valence-electron chi connectivity index (χ2n) is 6.64. The predicted molar refractivity (Wildman–Crippen MR) is 114 cm³/mol. The number of nitrogens with zero attached hydrogens (tertiary/aromatic N) is 1. The molecule has 1 N–H and O–H groups in total. The molecular weight excluding hydrogens is 412 g/mol. The number of nitrogens with one attached hydrogen (secondary N) is 1. The molecule has 29 heavy (non-hydrogen) atoms. The molecule has 1 aromatic carbocycles. The van der Waals surface area contributed by atoms with Crippen molar-refractivity contribution in [2.24, 2.45) is 0 Å². The third-order valence-electron chi connectivity index (χ3n) is 4.65. The number of esters is 1. The SMILES string of the molecule is C=CCN(c1ccc(C(=O)Nc2sc3c(c2C(=O)OC)CCC3)cc1)S(C)(=O)=O. The molecule has 1 aliphatic rings. The number of ether oxygens (including phenoxy) is 1. The van der Waals surface area contributed by atoms with E-state index in [1.54, 1.807) is 24.3 Å². The zero-order valence-corrected chi connectivity index (χ0v) is 17.9. The van der Waals surface area contributed by atoms with Crippen LogP contribution in [-0.4, -0.2) is 40.2 Å². The molecule has 0 fully saturated rings. The Morgan fingerprint density at radius 1 is 1.28 bits per heavy atom. The fraction of sp³-hybridized carbons (Fsp3) is 0.300. The monoisotopic (exact) mass is 434 g/mol. The topological polar surface area (TPSA) is 92.8 Å². The molecule has 1 amide bonds. The summed E-state index contributed by atoms with van der Waals surface area (Å²) in [5.74, 6) is -0.834. The van der Waals surface area contributed by atoms with Crippen molar-refractivity contribution in [3.8, 4) is 0 Å². The Morgan fingerprint density at radius 2 is 1.97 bits per heavy atom. The van der Waals surface area contributed by atoms with Gasteiger partial charge < -0.3 is 10.1 Å². The maximum absolute atomic E-state index is 12.7. The second-order valence-corrected chi connectivity index (χ2v) is 9.65. The summed E-state index contributed by atoms with van der Waals surface area (Å²) in [6, 6.07) is 6.22. The third kappa shape index (κ3) is 4.35. The van der Waals surface area contributed by atoms with Gasteiger partial charge in [0.05, 0.1) is 31.2 Å². The van der Waals surface area contributed by atoms with Gasteiger partial charge in [0, 0.05) is 10.4 Å². The number of rotatable bonds is 7. The number of fused-ring (bicyclic) bond motifs is 1. The van der Waals surface area contributed by atoms with Crippen LogP contribution in [0.25, 0.3) is 0 Å². The van der Waals surface area contributed by atoms with Crippen molar-refractivity contribution in [1.82, 2.24) is 0 Å². The van der Waals surface area contributed by atoms with Gasteiger partial charge in [-0.15, -0.1) is 17.9 Å². The normalized spacial score (nSPS) is 12.9. The first-order valence-corrected chi connectivity index (χ1v) is 11.7. The van der Waals surface area contributed by atoms with Crippen LogP contribution in [0.15, 0.2) is 36.9 Å². The molecule has 3 rings (SSSR count). The van der Waals surface area contributed by atoms with Crippen LogP contribution >= 0.6 is 11.3 Å². The Labute approximate surface area is 174 Å². The molecule has 1 aromatic heterocycles. The molecule has 9 heteroatoms. The van der Waals surface area contributed by atoms with Crippen molar-refractivity contribution in [2.45, 2.75) is 19.3 Å². The Bertz CT molecular complexity index is 1060. The smallest absolute Gasteiger partial charge is 0.341 e. The van der Waals surface area contributed by atoms with Crippen LogP contribution in [0, 0.1) is 0 Å². The molecule has 0 bridgehead atoms. The van der Waals surface area contributed by atoms with E-state index in [0.717, 1.165) is 36.0 Å². The van der Waals surface area contributed by atoms with Gasteiger partial charge in [-0.2, -0.15) is 0 Å². The summed E-state index contributed by atoms with van der Waals surface area (Å²) < 4.78 is 30.0. The summed E-state index contributed by atoms with van der Waals surface area (Å²) in [6.07, 6.45) is 5.28. The molecule has 1 aliphatic carbocycles. The zero-order valence-electron chi connectivity index (χ0n) is 16.2. The average Bonchev–Trinajstić information content (AvgIpc) is 3.25. The molecule has 0 unspecified atom stereocenters. The van der Waals surface area contributed by atoms with Crippen molar-refractivity contribution in [2.75, 3.05) is 29.5 Å². The number of methoxy groups -OCH3 is 1. The zero-order chi connectivity index (χ0) is 21.2. The van der Waals surface area contributed by atoms with Crippen LogP contribution in [0.2, 0.25) is 0 Å². The van der Waals surface area contributed by atoms with E-state index in [4.69, 9.17) is 4.74 Å². The molecule has 2 aromatic rings. The maximum Gasteiger partial charge on any atom is 0.341 e.